The molecule has 19 heavy (non-hydrogen) atoms. The molecule has 1 aromatic carbocycles. The largest absolute Gasteiger partial charge is 0.480 e. The Hall–Kier alpha value is -1.98. The number of carbonyl (C=O) groups excluding carboxylic acids is 1. The highest BCUT2D eigenvalue weighted by Crippen LogP contribution is 2.03. The number of aliphatic carboxylic acids is 1. The first-order valence-electron chi connectivity index (χ1n) is 5.64. The molecule has 2 aromatic rings. The van der Waals surface area contributed by atoms with Gasteiger partial charge in [0, 0.05) is 0 Å². The molecule has 0 aliphatic heterocycles. The Labute approximate surface area is 115 Å². The third-order valence-corrected chi connectivity index (χ3v) is 3.07. The first-order valence-corrected chi connectivity index (χ1v) is 6.52. The van der Waals surface area contributed by atoms with Crippen LogP contribution in [-0.4, -0.2) is 23.4 Å². The van der Waals surface area contributed by atoms with Crippen LogP contribution in [0.15, 0.2) is 47.8 Å². The molecule has 0 spiro atoms. The topological polar surface area (TPSA) is 80.4 Å². The smallest absolute Gasteiger partial charge is 0.320 e. The van der Waals surface area contributed by atoms with Crippen molar-refractivity contribution in [1.29, 1.82) is 0 Å². The predicted molar refractivity (Wildman–Crippen MR) is 75.5 cm³/mol. The normalized spacial score (nSPS) is 11.0. The van der Waals surface area contributed by atoms with Gasteiger partial charge in [-0.3, -0.25) is 9.59 Å². The third kappa shape index (κ3) is 5.94. The molecule has 1 aromatic heterocycles. The van der Waals surface area contributed by atoms with Gasteiger partial charge in [-0.15, -0.1) is 11.3 Å². The van der Waals surface area contributed by atoms with Crippen LogP contribution in [0, 0.1) is 0 Å². The molecule has 4 nitrogen and oxygen atoms in total. The van der Waals surface area contributed by atoms with E-state index in [0.717, 1.165) is 16.7 Å². The highest BCUT2D eigenvalue weighted by Gasteiger charge is 2.10. The van der Waals surface area contributed by atoms with Gasteiger partial charge in [-0.1, -0.05) is 36.4 Å². The van der Waals surface area contributed by atoms with E-state index in [4.69, 9.17) is 10.8 Å². The fourth-order valence-electron chi connectivity index (χ4n) is 1.31. The maximum Gasteiger partial charge on any atom is 0.320 e. The number of rotatable bonds is 4. The lowest BCUT2D eigenvalue weighted by molar-refractivity contribution is -0.138. The molecule has 0 amide bonds. The molecule has 100 valence electrons. The minimum Gasteiger partial charge on any atom is -0.480 e. The van der Waals surface area contributed by atoms with E-state index in [1.807, 2.05) is 41.8 Å². The van der Waals surface area contributed by atoms with Gasteiger partial charge in [-0.05, 0) is 23.4 Å². The lowest BCUT2D eigenvalue weighted by Gasteiger charge is -2.04. The average Bonchev–Trinajstić information content (AvgIpc) is 2.93. The van der Waals surface area contributed by atoms with Crippen LogP contribution in [0.25, 0.3) is 0 Å². The number of hydrogen-bond donors (Lipinski definition) is 2. The van der Waals surface area contributed by atoms with Crippen LogP contribution in [0.5, 0.6) is 0 Å². The lowest BCUT2D eigenvalue weighted by Crippen LogP contribution is -2.32. The van der Waals surface area contributed by atoms with Crippen LogP contribution in [0.2, 0.25) is 0 Å². The van der Waals surface area contributed by atoms with E-state index in [2.05, 4.69) is 0 Å². The molecule has 0 radical (unpaired) electrons. The summed E-state index contributed by atoms with van der Waals surface area (Å²) in [6, 6.07) is 12.2. The average molecular weight is 277 g/mol. The number of nitrogens with two attached hydrogens (primary N) is 1. The molecule has 0 aliphatic carbocycles. The maximum atomic E-state index is 10.4. The van der Waals surface area contributed by atoms with E-state index in [1.54, 1.807) is 6.07 Å². The van der Waals surface area contributed by atoms with Crippen LogP contribution in [0.1, 0.15) is 15.2 Å². The monoisotopic (exact) mass is 277 g/mol. The molecule has 2 rings (SSSR count). The van der Waals surface area contributed by atoms with Crippen LogP contribution < -0.4 is 5.73 Å². The fraction of sp³-hybridized carbons (Fsp3) is 0.143. The van der Waals surface area contributed by atoms with Gasteiger partial charge in [0.2, 0.25) is 0 Å². The van der Waals surface area contributed by atoms with Gasteiger partial charge in [-0.2, -0.15) is 0 Å². The minimum atomic E-state index is -0.959. The van der Waals surface area contributed by atoms with E-state index in [1.165, 1.54) is 11.3 Å². The fourth-order valence-corrected chi connectivity index (χ4v) is 1.84. The summed E-state index contributed by atoms with van der Waals surface area (Å²) in [6.07, 6.45) is 1.24. The van der Waals surface area contributed by atoms with Crippen LogP contribution >= 0.6 is 11.3 Å². The second-order valence-electron chi connectivity index (χ2n) is 3.77. The zero-order chi connectivity index (χ0) is 14.1. The third-order valence-electron chi connectivity index (χ3n) is 2.27. The Balaban J connectivity index is 0.000000218. The van der Waals surface area contributed by atoms with Crippen molar-refractivity contribution in [2.75, 3.05) is 0 Å². The summed E-state index contributed by atoms with van der Waals surface area (Å²) in [6.45, 7) is 0. The van der Waals surface area contributed by atoms with Crippen LogP contribution in [0.3, 0.4) is 0 Å². The summed E-state index contributed by atoms with van der Waals surface area (Å²) in [4.78, 5) is 21.0. The first-order chi connectivity index (χ1) is 9.13. The Morgan fingerprint density at radius 3 is 2.37 bits per heavy atom. The summed E-state index contributed by atoms with van der Waals surface area (Å²) in [5.74, 6) is -0.959. The molecule has 0 bridgehead atoms. The van der Waals surface area contributed by atoms with E-state index in [-0.39, 0.29) is 0 Å². The quantitative estimate of drug-likeness (QED) is 0.840. The van der Waals surface area contributed by atoms with Crippen LogP contribution in [0.4, 0.5) is 0 Å². The number of thiophene rings is 1. The minimum absolute atomic E-state index is 0.385. The highest BCUT2D eigenvalue weighted by molar-refractivity contribution is 7.11. The van der Waals surface area contributed by atoms with Crippen molar-refractivity contribution >= 4 is 23.6 Å². The Bertz CT molecular complexity index is 497. The number of hydrogen-bond acceptors (Lipinski definition) is 4. The van der Waals surface area contributed by atoms with Gasteiger partial charge in [0.1, 0.15) is 6.04 Å². The first kappa shape index (κ1) is 15.1. The number of carboxylic acids is 1. The standard InChI is InChI=1S/C9H11NO2.C5H4OS/c10-8(9(11)12)6-7-4-2-1-3-5-7;6-4-5-2-1-3-7-5/h1-5,8H,6,10H2,(H,11,12);1-4H. The number of carboxylic acid groups (broad SMARTS) is 1. The van der Waals surface area contributed by atoms with E-state index in [9.17, 15) is 9.59 Å². The molecular formula is C14H15NO3S. The molecule has 0 aliphatic rings. The van der Waals surface area contributed by atoms with Crippen molar-refractivity contribution in [1.82, 2.24) is 0 Å². The summed E-state index contributed by atoms with van der Waals surface area (Å²) >= 11 is 1.45. The Morgan fingerprint density at radius 2 is 1.95 bits per heavy atom. The molecule has 0 saturated carbocycles. The van der Waals surface area contributed by atoms with Crippen molar-refractivity contribution in [2.45, 2.75) is 12.5 Å². The van der Waals surface area contributed by atoms with Crippen molar-refractivity contribution in [2.24, 2.45) is 5.73 Å². The zero-order valence-corrected chi connectivity index (χ0v) is 11.0. The Morgan fingerprint density at radius 1 is 1.26 bits per heavy atom. The predicted octanol–water partition coefficient (Wildman–Crippen LogP) is 2.20. The van der Waals surface area contributed by atoms with E-state index < -0.39 is 12.0 Å². The summed E-state index contributed by atoms with van der Waals surface area (Å²) < 4.78 is 0. The molecule has 5 heteroatoms. The highest BCUT2D eigenvalue weighted by atomic mass is 32.1. The molecule has 0 saturated heterocycles. The summed E-state index contributed by atoms with van der Waals surface area (Å²) in [5.41, 5.74) is 6.30. The Kier molecular flexibility index (Phi) is 6.49. The number of benzene rings is 1. The molecule has 0 fully saturated rings. The van der Waals surface area contributed by atoms with Gasteiger partial charge in [0.15, 0.2) is 6.29 Å². The molecule has 1 heterocycles. The van der Waals surface area contributed by atoms with Gasteiger partial charge >= 0.3 is 5.97 Å². The van der Waals surface area contributed by atoms with Gasteiger partial charge in [-0.25, -0.2) is 0 Å². The second kappa shape index (κ2) is 8.18. The van der Waals surface area contributed by atoms with Crippen molar-refractivity contribution in [3.63, 3.8) is 0 Å². The summed E-state index contributed by atoms with van der Waals surface area (Å²) in [5, 5.41) is 10.4. The number of carbonyl (C=O) groups is 2. The van der Waals surface area contributed by atoms with Gasteiger partial charge in [0.05, 0.1) is 4.88 Å². The second-order valence-corrected chi connectivity index (χ2v) is 4.75. The van der Waals surface area contributed by atoms with Gasteiger partial charge in [0.25, 0.3) is 0 Å². The summed E-state index contributed by atoms with van der Waals surface area (Å²) in [7, 11) is 0. The maximum absolute atomic E-state index is 10.4. The molecule has 3 N–H and O–H groups in total. The zero-order valence-electron chi connectivity index (χ0n) is 10.2. The van der Waals surface area contributed by atoms with Crippen LogP contribution in [-0.2, 0) is 11.2 Å². The SMILES string of the molecule is NC(Cc1ccccc1)C(=O)O.O=Cc1cccs1. The molecule has 1 unspecified atom stereocenters. The van der Waals surface area contributed by atoms with Crippen molar-refractivity contribution < 1.29 is 14.7 Å². The molecular weight excluding hydrogens is 262 g/mol. The molecule has 1 atom stereocenters. The van der Waals surface area contributed by atoms with Gasteiger partial charge < -0.3 is 10.8 Å². The van der Waals surface area contributed by atoms with Crippen molar-refractivity contribution in [3.8, 4) is 0 Å². The lowest BCUT2D eigenvalue weighted by atomic mass is 10.1. The number of aldehydes is 1. The van der Waals surface area contributed by atoms with E-state index in [0.29, 0.717) is 6.42 Å². The van der Waals surface area contributed by atoms with E-state index >= 15 is 0 Å². The van der Waals surface area contributed by atoms with Crippen molar-refractivity contribution in [3.05, 3.63) is 58.3 Å².